The monoisotopic (exact) mass is 224 g/mol. The average Bonchev–Trinajstić information content (AvgIpc) is 2.33. The van der Waals surface area contributed by atoms with Crippen LogP contribution in [0.25, 0.3) is 21.5 Å². The number of hydrogen-bond donors (Lipinski definition) is 0. The zero-order valence-electron chi connectivity index (χ0n) is 9.92. The van der Waals surface area contributed by atoms with E-state index < -0.39 is 0 Å². The lowest BCUT2D eigenvalue weighted by molar-refractivity contribution is 0.631. The van der Waals surface area contributed by atoms with Crippen LogP contribution in [0.4, 0.5) is 4.39 Å². The Labute approximate surface area is 99.7 Å². The summed E-state index contributed by atoms with van der Waals surface area (Å²) in [5.74, 6) is -0.107. The van der Waals surface area contributed by atoms with Crippen LogP contribution >= 0.6 is 0 Å². The van der Waals surface area contributed by atoms with Gasteiger partial charge in [-0.1, -0.05) is 48.0 Å². The van der Waals surface area contributed by atoms with Crippen LogP contribution in [0, 0.1) is 19.7 Å². The van der Waals surface area contributed by atoms with E-state index in [0.29, 0.717) is 10.9 Å². The highest BCUT2D eigenvalue weighted by atomic mass is 19.1. The molecule has 0 heterocycles. The summed E-state index contributed by atoms with van der Waals surface area (Å²) in [5.41, 5.74) is 1.92. The lowest BCUT2D eigenvalue weighted by atomic mass is 9.99. The third kappa shape index (κ3) is 1.50. The van der Waals surface area contributed by atoms with Gasteiger partial charge in [0.2, 0.25) is 0 Å². The van der Waals surface area contributed by atoms with E-state index in [2.05, 4.69) is 25.1 Å². The molecule has 0 radical (unpaired) electrons. The maximum Gasteiger partial charge on any atom is 0.133 e. The zero-order chi connectivity index (χ0) is 12.0. The standard InChI is InChI=1S/C16H13F/c1-10-3-6-13-12(9-10)5-8-15-14(13)7-4-11(2)16(15)17/h3-9H,1-2H3. The van der Waals surface area contributed by atoms with Gasteiger partial charge in [-0.3, -0.25) is 0 Å². The highest BCUT2D eigenvalue weighted by Gasteiger charge is 2.06. The first-order chi connectivity index (χ1) is 8.16. The minimum atomic E-state index is -0.107. The van der Waals surface area contributed by atoms with E-state index in [9.17, 15) is 4.39 Å². The van der Waals surface area contributed by atoms with E-state index in [1.807, 2.05) is 24.3 Å². The van der Waals surface area contributed by atoms with Gasteiger partial charge in [0, 0.05) is 5.39 Å². The van der Waals surface area contributed by atoms with Crippen molar-refractivity contribution in [1.82, 2.24) is 0 Å². The summed E-state index contributed by atoms with van der Waals surface area (Å²) in [7, 11) is 0. The fourth-order valence-electron chi connectivity index (χ4n) is 2.34. The molecule has 0 nitrogen and oxygen atoms in total. The van der Waals surface area contributed by atoms with Crippen molar-refractivity contribution in [2.45, 2.75) is 13.8 Å². The molecule has 0 aliphatic heterocycles. The van der Waals surface area contributed by atoms with Gasteiger partial charge in [0.15, 0.2) is 0 Å². The van der Waals surface area contributed by atoms with Gasteiger partial charge in [-0.05, 0) is 35.6 Å². The Kier molecular flexibility index (Phi) is 2.15. The third-order valence-electron chi connectivity index (χ3n) is 3.30. The molecule has 0 bridgehead atoms. The molecule has 0 spiro atoms. The molecule has 0 aliphatic carbocycles. The summed E-state index contributed by atoms with van der Waals surface area (Å²) < 4.78 is 14.0. The van der Waals surface area contributed by atoms with E-state index in [1.165, 1.54) is 10.9 Å². The molecule has 0 atom stereocenters. The van der Waals surface area contributed by atoms with Crippen LogP contribution in [0.1, 0.15) is 11.1 Å². The van der Waals surface area contributed by atoms with E-state index >= 15 is 0 Å². The molecule has 0 fully saturated rings. The van der Waals surface area contributed by atoms with Gasteiger partial charge in [-0.15, -0.1) is 0 Å². The Morgan fingerprint density at radius 3 is 2.29 bits per heavy atom. The predicted octanol–water partition coefficient (Wildman–Crippen LogP) is 4.75. The highest BCUT2D eigenvalue weighted by molar-refractivity contribution is 6.07. The number of rotatable bonds is 0. The predicted molar refractivity (Wildman–Crippen MR) is 70.9 cm³/mol. The lowest BCUT2D eigenvalue weighted by Gasteiger charge is -2.07. The van der Waals surface area contributed by atoms with Gasteiger partial charge >= 0.3 is 0 Å². The van der Waals surface area contributed by atoms with Crippen molar-refractivity contribution in [2.24, 2.45) is 0 Å². The average molecular weight is 224 g/mol. The number of aryl methyl sites for hydroxylation is 2. The van der Waals surface area contributed by atoms with E-state index in [1.54, 1.807) is 6.92 Å². The number of benzene rings is 3. The number of halogens is 1. The quantitative estimate of drug-likeness (QED) is 0.483. The molecule has 3 aromatic carbocycles. The van der Waals surface area contributed by atoms with Crippen LogP contribution in [0.3, 0.4) is 0 Å². The molecule has 0 aromatic heterocycles. The van der Waals surface area contributed by atoms with Gasteiger partial charge < -0.3 is 0 Å². The maximum absolute atomic E-state index is 14.0. The SMILES string of the molecule is Cc1ccc2c(ccc3c(F)c(C)ccc32)c1. The van der Waals surface area contributed by atoms with Crippen LogP contribution in [0.15, 0.2) is 42.5 Å². The normalized spacial score (nSPS) is 11.2. The third-order valence-corrected chi connectivity index (χ3v) is 3.30. The summed E-state index contributed by atoms with van der Waals surface area (Å²) >= 11 is 0. The summed E-state index contributed by atoms with van der Waals surface area (Å²) in [5, 5.41) is 3.99. The summed E-state index contributed by atoms with van der Waals surface area (Å²) in [4.78, 5) is 0. The van der Waals surface area contributed by atoms with E-state index in [0.717, 1.165) is 10.8 Å². The first-order valence-electron chi connectivity index (χ1n) is 5.75. The molecule has 84 valence electrons. The number of hydrogen-bond acceptors (Lipinski definition) is 0. The molecule has 0 N–H and O–H groups in total. The van der Waals surface area contributed by atoms with Gasteiger partial charge in [0.05, 0.1) is 0 Å². The van der Waals surface area contributed by atoms with Gasteiger partial charge in [0.1, 0.15) is 5.82 Å². The van der Waals surface area contributed by atoms with Crippen LogP contribution in [-0.4, -0.2) is 0 Å². The van der Waals surface area contributed by atoms with Crippen LogP contribution < -0.4 is 0 Å². The summed E-state index contributed by atoms with van der Waals surface area (Å²) in [6, 6.07) is 14.0. The van der Waals surface area contributed by atoms with Gasteiger partial charge in [-0.25, -0.2) is 4.39 Å². The highest BCUT2D eigenvalue weighted by Crippen LogP contribution is 2.28. The van der Waals surface area contributed by atoms with Crippen molar-refractivity contribution in [2.75, 3.05) is 0 Å². The first-order valence-corrected chi connectivity index (χ1v) is 5.75. The Balaban J connectivity index is 2.53. The minimum Gasteiger partial charge on any atom is -0.206 e. The molecule has 0 amide bonds. The second-order valence-electron chi connectivity index (χ2n) is 4.58. The van der Waals surface area contributed by atoms with Crippen molar-refractivity contribution >= 4 is 21.5 Å². The lowest BCUT2D eigenvalue weighted by Crippen LogP contribution is -1.86. The van der Waals surface area contributed by atoms with Crippen LogP contribution in [0.5, 0.6) is 0 Å². The molecular formula is C16H13F. The van der Waals surface area contributed by atoms with Crippen molar-refractivity contribution in [3.8, 4) is 0 Å². The molecule has 0 unspecified atom stereocenters. The topological polar surface area (TPSA) is 0 Å². The van der Waals surface area contributed by atoms with Crippen molar-refractivity contribution in [1.29, 1.82) is 0 Å². The summed E-state index contributed by atoms with van der Waals surface area (Å²) in [6.45, 7) is 3.87. The maximum atomic E-state index is 14.0. The molecule has 3 aromatic rings. The summed E-state index contributed by atoms with van der Waals surface area (Å²) in [6.07, 6.45) is 0. The fourth-order valence-corrected chi connectivity index (χ4v) is 2.34. The van der Waals surface area contributed by atoms with Gasteiger partial charge in [-0.2, -0.15) is 0 Å². The Bertz CT molecular complexity index is 726. The van der Waals surface area contributed by atoms with Gasteiger partial charge in [0.25, 0.3) is 0 Å². The molecule has 0 aliphatic rings. The second kappa shape index (κ2) is 3.56. The molecule has 1 heteroatoms. The largest absolute Gasteiger partial charge is 0.206 e. The Morgan fingerprint density at radius 2 is 1.47 bits per heavy atom. The van der Waals surface area contributed by atoms with Crippen molar-refractivity contribution in [3.63, 3.8) is 0 Å². The van der Waals surface area contributed by atoms with Crippen LogP contribution in [-0.2, 0) is 0 Å². The van der Waals surface area contributed by atoms with Crippen LogP contribution in [0.2, 0.25) is 0 Å². The molecule has 3 rings (SSSR count). The van der Waals surface area contributed by atoms with E-state index in [-0.39, 0.29) is 5.82 Å². The smallest absolute Gasteiger partial charge is 0.133 e. The first kappa shape index (κ1) is 10.3. The Morgan fingerprint density at radius 1 is 0.765 bits per heavy atom. The van der Waals surface area contributed by atoms with E-state index in [4.69, 9.17) is 0 Å². The van der Waals surface area contributed by atoms with Crippen molar-refractivity contribution < 1.29 is 4.39 Å². The van der Waals surface area contributed by atoms with Crippen molar-refractivity contribution in [3.05, 3.63) is 59.4 Å². The zero-order valence-corrected chi connectivity index (χ0v) is 9.92. The molecule has 17 heavy (non-hydrogen) atoms. The second-order valence-corrected chi connectivity index (χ2v) is 4.58. The molecule has 0 saturated carbocycles. The Hall–Kier alpha value is -1.89. The molecular weight excluding hydrogens is 211 g/mol. The molecule has 0 saturated heterocycles. The number of fused-ring (bicyclic) bond motifs is 3. The fraction of sp³-hybridized carbons (Fsp3) is 0.125. The minimum absolute atomic E-state index is 0.107.